The summed E-state index contributed by atoms with van der Waals surface area (Å²) in [5, 5.41) is 3.24. The average molecular weight is 354 g/mol. The Labute approximate surface area is 131 Å². The number of aryl methyl sites for hydroxylation is 2. The maximum absolute atomic E-state index is 12.3. The molecular formula is C15H14BrClN2O. The van der Waals surface area contributed by atoms with Crippen LogP contribution in [0.2, 0.25) is 5.02 Å². The minimum Gasteiger partial charge on any atom is -0.399 e. The number of amides is 1. The Kier molecular flexibility index (Phi) is 4.35. The van der Waals surface area contributed by atoms with Gasteiger partial charge in [-0.25, -0.2) is 0 Å². The summed E-state index contributed by atoms with van der Waals surface area (Å²) in [6.45, 7) is 3.94. The van der Waals surface area contributed by atoms with Gasteiger partial charge in [0.15, 0.2) is 0 Å². The third-order valence-electron chi connectivity index (χ3n) is 2.91. The van der Waals surface area contributed by atoms with E-state index in [4.69, 9.17) is 17.3 Å². The van der Waals surface area contributed by atoms with Gasteiger partial charge in [0, 0.05) is 10.2 Å². The molecule has 0 fully saturated rings. The van der Waals surface area contributed by atoms with Crippen LogP contribution in [0.25, 0.3) is 0 Å². The van der Waals surface area contributed by atoms with Gasteiger partial charge in [0.05, 0.1) is 16.3 Å². The molecule has 2 aromatic carbocycles. The predicted octanol–water partition coefficient (Wildman–Crippen LogP) is 4.55. The number of hydrogen-bond acceptors (Lipinski definition) is 2. The minimum absolute atomic E-state index is 0.282. The molecule has 0 heterocycles. The molecular weight excluding hydrogens is 340 g/mol. The van der Waals surface area contributed by atoms with Crippen molar-refractivity contribution in [3.63, 3.8) is 0 Å². The molecule has 1 amide bonds. The van der Waals surface area contributed by atoms with Crippen molar-refractivity contribution in [2.45, 2.75) is 13.8 Å². The summed E-state index contributed by atoms with van der Waals surface area (Å²) in [6, 6.07) is 8.79. The molecule has 0 spiro atoms. The largest absolute Gasteiger partial charge is 0.399 e. The van der Waals surface area contributed by atoms with Gasteiger partial charge < -0.3 is 11.1 Å². The van der Waals surface area contributed by atoms with Crippen molar-refractivity contribution in [2.24, 2.45) is 0 Å². The molecule has 0 unspecified atom stereocenters. The molecule has 0 atom stereocenters. The van der Waals surface area contributed by atoms with Crippen molar-refractivity contribution in [2.75, 3.05) is 11.1 Å². The maximum Gasteiger partial charge on any atom is 0.257 e. The van der Waals surface area contributed by atoms with Gasteiger partial charge in [-0.1, -0.05) is 17.7 Å². The van der Waals surface area contributed by atoms with Crippen LogP contribution in [0.3, 0.4) is 0 Å². The van der Waals surface area contributed by atoms with Crippen molar-refractivity contribution in [1.29, 1.82) is 0 Å². The molecule has 2 aromatic rings. The first-order chi connectivity index (χ1) is 9.38. The number of carbonyl (C=O) groups is 1. The van der Waals surface area contributed by atoms with Crippen LogP contribution in [0, 0.1) is 13.8 Å². The quantitative estimate of drug-likeness (QED) is 0.778. The molecule has 2 rings (SSSR count). The van der Waals surface area contributed by atoms with Crippen molar-refractivity contribution in [3.05, 3.63) is 56.5 Å². The summed E-state index contributed by atoms with van der Waals surface area (Å²) in [7, 11) is 0. The summed E-state index contributed by atoms with van der Waals surface area (Å²) < 4.78 is 0.836. The van der Waals surface area contributed by atoms with Gasteiger partial charge in [-0.05, 0) is 65.2 Å². The molecule has 0 aliphatic rings. The van der Waals surface area contributed by atoms with Crippen LogP contribution in [0.5, 0.6) is 0 Å². The monoisotopic (exact) mass is 352 g/mol. The summed E-state index contributed by atoms with van der Waals surface area (Å²) in [4.78, 5) is 12.3. The van der Waals surface area contributed by atoms with Gasteiger partial charge in [0.25, 0.3) is 5.91 Å². The zero-order valence-electron chi connectivity index (χ0n) is 11.1. The highest BCUT2D eigenvalue weighted by Crippen LogP contribution is 2.29. The SMILES string of the molecule is Cc1cc(C)c(NC(=O)c2cc(N)ccc2Cl)c(Br)c1. The molecule has 20 heavy (non-hydrogen) atoms. The predicted molar refractivity (Wildman–Crippen MR) is 87.4 cm³/mol. The summed E-state index contributed by atoms with van der Waals surface area (Å²) >= 11 is 9.49. The molecule has 0 radical (unpaired) electrons. The Morgan fingerprint density at radius 2 is 1.95 bits per heavy atom. The number of anilines is 2. The second-order valence-corrected chi connectivity index (χ2v) is 5.89. The van der Waals surface area contributed by atoms with E-state index in [1.54, 1.807) is 18.2 Å². The number of benzene rings is 2. The normalized spacial score (nSPS) is 10.4. The number of hydrogen-bond donors (Lipinski definition) is 2. The number of nitrogens with two attached hydrogens (primary N) is 1. The van der Waals surface area contributed by atoms with Crippen LogP contribution in [-0.4, -0.2) is 5.91 Å². The molecule has 0 aromatic heterocycles. The van der Waals surface area contributed by atoms with E-state index in [-0.39, 0.29) is 5.91 Å². The number of nitrogen functional groups attached to an aromatic ring is 1. The van der Waals surface area contributed by atoms with Gasteiger partial charge in [-0.2, -0.15) is 0 Å². The molecule has 3 N–H and O–H groups in total. The van der Waals surface area contributed by atoms with Crippen LogP contribution < -0.4 is 11.1 Å². The number of halogens is 2. The van der Waals surface area contributed by atoms with Crippen LogP contribution >= 0.6 is 27.5 Å². The second kappa shape index (κ2) is 5.85. The van der Waals surface area contributed by atoms with Gasteiger partial charge >= 0.3 is 0 Å². The lowest BCUT2D eigenvalue weighted by molar-refractivity contribution is 0.102. The van der Waals surface area contributed by atoms with Gasteiger partial charge in [-0.3, -0.25) is 4.79 Å². The van der Waals surface area contributed by atoms with E-state index in [0.717, 1.165) is 21.3 Å². The Balaban J connectivity index is 2.35. The number of rotatable bonds is 2. The fraction of sp³-hybridized carbons (Fsp3) is 0.133. The van der Waals surface area contributed by atoms with E-state index in [2.05, 4.69) is 21.2 Å². The third kappa shape index (κ3) is 3.14. The van der Waals surface area contributed by atoms with E-state index in [9.17, 15) is 4.79 Å². The lowest BCUT2D eigenvalue weighted by Crippen LogP contribution is -2.14. The summed E-state index contributed by atoms with van der Waals surface area (Å²) in [6.07, 6.45) is 0. The van der Waals surface area contributed by atoms with Crippen LogP contribution in [0.1, 0.15) is 21.5 Å². The highest BCUT2D eigenvalue weighted by molar-refractivity contribution is 9.10. The molecule has 0 saturated heterocycles. The summed E-state index contributed by atoms with van der Waals surface area (Å²) in [5.74, 6) is -0.282. The maximum atomic E-state index is 12.3. The number of carbonyl (C=O) groups excluding carboxylic acids is 1. The Bertz CT molecular complexity index is 663. The van der Waals surface area contributed by atoms with Crippen LogP contribution in [-0.2, 0) is 0 Å². The first kappa shape index (κ1) is 14.9. The van der Waals surface area contributed by atoms with Gasteiger partial charge in [0.1, 0.15) is 0 Å². The molecule has 0 aliphatic heterocycles. The first-order valence-electron chi connectivity index (χ1n) is 6.01. The Morgan fingerprint density at radius 1 is 1.25 bits per heavy atom. The molecule has 3 nitrogen and oxygen atoms in total. The zero-order valence-corrected chi connectivity index (χ0v) is 13.5. The van der Waals surface area contributed by atoms with Crippen molar-refractivity contribution in [1.82, 2.24) is 0 Å². The molecule has 0 saturated carbocycles. The van der Waals surface area contributed by atoms with Crippen LogP contribution in [0.4, 0.5) is 11.4 Å². The fourth-order valence-corrected chi connectivity index (χ4v) is 2.95. The third-order valence-corrected chi connectivity index (χ3v) is 3.86. The number of nitrogens with one attached hydrogen (secondary N) is 1. The topological polar surface area (TPSA) is 55.1 Å². The summed E-state index contributed by atoms with van der Waals surface area (Å²) in [5.41, 5.74) is 9.38. The standard InChI is InChI=1S/C15H14BrClN2O/c1-8-5-9(2)14(12(16)6-8)19-15(20)11-7-10(18)3-4-13(11)17/h3-7H,18H2,1-2H3,(H,19,20). The zero-order chi connectivity index (χ0) is 14.9. The highest BCUT2D eigenvalue weighted by Gasteiger charge is 2.14. The lowest BCUT2D eigenvalue weighted by Gasteiger charge is -2.12. The highest BCUT2D eigenvalue weighted by atomic mass is 79.9. The smallest absolute Gasteiger partial charge is 0.257 e. The Morgan fingerprint density at radius 3 is 2.60 bits per heavy atom. The molecule has 0 bridgehead atoms. The van der Waals surface area contributed by atoms with Crippen molar-refractivity contribution < 1.29 is 4.79 Å². The van der Waals surface area contributed by atoms with E-state index in [1.165, 1.54) is 0 Å². The van der Waals surface area contributed by atoms with E-state index >= 15 is 0 Å². The van der Waals surface area contributed by atoms with Crippen molar-refractivity contribution in [3.8, 4) is 0 Å². The lowest BCUT2D eigenvalue weighted by atomic mass is 10.1. The molecule has 5 heteroatoms. The average Bonchev–Trinajstić information content (AvgIpc) is 2.36. The van der Waals surface area contributed by atoms with E-state index in [1.807, 2.05) is 26.0 Å². The van der Waals surface area contributed by atoms with E-state index < -0.39 is 0 Å². The van der Waals surface area contributed by atoms with Crippen LogP contribution in [0.15, 0.2) is 34.8 Å². The minimum atomic E-state index is -0.282. The first-order valence-corrected chi connectivity index (χ1v) is 7.18. The molecule has 104 valence electrons. The van der Waals surface area contributed by atoms with Gasteiger partial charge in [0.2, 0.25) is 0 Å². The Hall–Kier alpha value is -1.52. The van der Waals surface area contributed by atoms with E-state index in [0.29, 0.717) is 16.3 Å². The second-order valence-electron chi connectivity index (χ2n) is 4.63. The van der Waals surface area contributed by atoms with Gasteiger partial charge in [-0.15, -0.1) is 0 Å². The molecule has 0 aliphatic carbocycles. The van der Waals surface area contributed by atoms with Crippen molar-refractivity contribution >= 4 is 44.8 Å². The fourth-order valence-electron chi connectivity index (χ4n) is 1.97.